The van der Waals surface area contributed by atoms with Crippen LogP contribution in [0.1, 0.15) is 24.4 Å². The molecule has 0 aromatic heterocycles. The van der Waals surface area contributed by atoms with Crippen LogP contribution in [0, 0.1) is 5.82 Å². The van der Waals surface area contributed by atoms with Crippen molar-refractivity contribution < 1.29 is 9.18 Å². The van der Waals surface area contributed by atoms with Crippen LogP contribution < -0.4 is 10.6 Å². The smallest absolute Gasteiger partial charge is 0.224 e. The number of anilines is 2. The Morgan fingerprint density at radius 3 is 2.67 bits per heavy atom. The molecule has 0 bridgehead atoms. The zero-order valence-corrected chi connectivity index (χ0v) is 12.8. The van der Waals surface area contributed by atoms with Gasteiger partial charge in [0.05, 0.1) is 21.9 Å². The van der Waals surface area contributed by atoms with E-state index in [1.807, 2.05) is 30.3 Å². The quantitative estimate of drug-likeness (QED) is 0.797. The molecule has 0 saturated heterocycles. The molecular formula is C16H14BrFN2O. The fourth-order valence-electron chi connectivity index (χ4n) is 2.45. The van der Waals surface area contributed by atoms with E-state index in [0.29, 0.717) is 28.7 Å². The minimum atomic E-state index is -0.396. The molecule has 1 aliphatic heterocycles. The van der Waals surface area contributed by atoms with Crippen LogP contribution >= 0.6 is 15.9 Å². The standard InChI is InChI=1S/C16H14BrFN2O/c17-11-8-14-15(9-12(11)18)20-16(21)7-6-13(19-14)10-4-2-1-3-5-10/h1-5,8-9,13,19H,6-7H2,(H,20,21). The molecule has 3 rings (SSSR count). The fourth-order valence-corrected chi connectivity index (χ4v) is 2.80. The van der Waals surface area contributed by atoms with Gasteiger partial charge in [0, 0.05) is 12.5 Å². The predicted molar refractivity (Wildman–Crippen MR) is 84.8 cm³/mol. The number of hydrogen-bond acceptors (Lipinski definition) is 2. The zero-order chi connectivity index (χ0) is 14.8. The Bertz CT molecular complexity index is 675. The topological polar surface area (TPSA) is 41.1 Å². The second-order valence-corrected chi connectivity index (χ2v) is 5.86. The number of fused-ring (bicyclic) bond motifs is 1. The molecule has 0 saturated carbocycles. The number of hydrogen-bond donors (Lipinski definition) is 2. The lowest BCUT2D eigenvalue weighted by molar-refractivity contribution is -0.116. The number of benzene rings is 2. The van der Waals surface area contributed by atoms with E-state index in [-0.39, 0.29) is 11.9 Å². The lowest BCUT2D eigenvalue weighted by atomic mass is 10.00. The minimum Gasteiger partial charge on any atom is -0.377 e. The summed E-state index contributed by atoms with van der Waals surface area (Å²) in [6.07, 6.45) is 1.08. The fraction of sp³-hybridized carbons (Fsp3) is 0.188. The summed E-state index contributed by atoms with van der Waals surface area (Å²) < 4.78 is 14.0. The Morgan fingerprint density at radius 2 is 1.90 bits per heavy atom. The lowest BCUT2D eigenvalue weighted by Gasteiger charge is -2.25. The lowest BCUT2D eigenvalue weighted by Crippen LogP contribution is -2.21. The van der Waals surface area contributed by atoms with Gasteiger partial charge in [-0.1, -0.05) is 30.3 Å². The third kappa shape index (κ3) is 3.08. The molecule has 0 fully saturated rings. The minimum absolute atomic E-state index is 0.0216. The van der Waals surface area contributed by atoms with Gasteiger partial charge in [-0.15, -0.1) is 0 Å². The molecule has 1 unspecified atom stereocenters. The average Bonchev–Trinajstić information content (AvgIpc) is 2.47. The van der Waals surface area contributed by atoms with Crippen molar-refractivity contribution in [1.82, 2.24) is 0 Å². The first-order valence-electron chi connectivity index (χ1n) is 6.74. The predicted octanol–water partition coefficient (Wildman–Crippen LogP) is 4.47. The van der Waals surface area contributed by atoms with Gasteiger partial charge in [-0.3, -0.25) is 4.79 Å². The highest BCUT2D eigenvalue weighted by Gasteiger charge is 2.20. The van der Waals surface area contributed by atoms with Crippen molar-refractivity contribution in [2.24, 2.45) is 0 Å². The molecule has 5 heteroatoms. The number of carbonyl (C=O) groups is 1. The molecule has 2 aromatic carbocycles. The number of carbonyl (C=O) groups excluding carboxylic acids is 1. The van der Waals surface area contributed by atoms with Crippen LogP contribution in [0.4, 0.5) is 15.8 Å². The Morgan fingerprint density at radius 1 is 1.14 bits per heavy atom. The molecule has 1 aliphatic rings. The number of rotatable bonds is 1. The Kier molecular flexibility index (Phi) is 3.92. The number of amides is 1. The van der Waals surface area contributed by atoms with Gasteiger partial charge in [0.1, 0.15) is 5.82 Å². The monoisotopic (exact) mass is 348 g/mol. The molecule has 0 aliphatic carbocycles. The van der Waals surface area contributed by atoms with Crippen LogP contribution in [0.15, 0.2) is 46.9 Å². The van der Waals surface area contributed by atoms with Gasteiger partial charge in [-0.05, 0) is 34.0 Å². The first kappa shape index (κ1) is 14.1. The summed E-state index contributed by atoms with van der Waals surface area (Å²) >= 11 is 3.18. The van der Waals surface area contributed by atoms with E-state index in [9.17, 15) is 9.18 Å². The Hall–Kier alpha value is -1.88. The van der Waals surface area contributed by atoms with E-state index in [0.717, 1.165) is 5.56 Å². The van der Waals surface area contributed by atoms with Gasteiger partial charge in [0.2, 0.25) is 5.91 Å². The van der Waals surface area contributed by atoms with Crippen LogP contribution in [0.25, 0.3) is 0 Å². The van der Waals surface area contributed by atoms with Gasteiger partial charge < -0.3 is 10.6 Å². The van der Waals surface area contributed by atoms with E-state index in [1.165, 1.54) is 6.07 Å². The molecule has 108 valence electrons. The average molecular weight is 349 g/mol. The Balaban J connectivity index is 2.00. The highest BCUT2D eigenvalue weighted by atomic mass is 79.9. The molecule has 3 nitrogen and oxygen atoms in total. The molecule has 0 spiro atoms. The van der Waals surface area contributed by atoms with Crippen molar-refractivity contribution in [2.45, 2.75) is 18.9 Å². The van der Waals surface area contributed by atoms with E-state index in [4.69, 9.17) is 0 Å². The number of nitrogens with one attached hydrogen (secondary N) is 2. The van der Waals surface area contributed by atoms with Gasteiger partial charge in [0.25, 0.3) is 0 Å². The molecule has 1 amide bonds. The normalized spacial score (nSPS) is 18.0. The van der Waals surface area contributed by atoms with Crippen LogP contribution in [0.5, 0.6) is 0 Å². The third-order valence-electron chi connectivity index (χ3n) is 3.53. The van der Waals surface area contributed by atoms with Crippen LogP contribution in [-0.2, 0) is 4.79 Å². The van der Waals surface area contributed by atoms with Crippen LogP contribution in [0.3, 0.4) is 0 Å². The van der Waals surface area contributed by atoms with E-state index in [2.05, 4.69) is 26.6 Å². The molecule has 21 heavy (non-hydrogen) atoms. The summed E-state index contributed by atoms with van der Waals surface area (Å²) in [5.41, 5.74) is 2.30. The molecule has 2 N–H and O–H groups in total. The van der Waals surface area contributed by atoms with Gasteiger partial charge in [-0.25, -0.2) is 4.39 Å². The summed E-state index contributed by atoms with van der Waals surface area (Å²) in [5.74, 6) is -0.493. The second-order valence-electron chi connectivity index (χ2n) is 5.01. The third-order valence-corrected chi connectivity index (χ3v) is 4.13. The van der Waals surface area contributed by atoms with Crippen molar-refractivity contribution in [3.63, 3.8) is 0 Å². The summed E-state index contributed by atoms with van der Waals surface area (Å²) in [6.45, 7) is 0. The first-order chi connectivity index (χ1) is 10.1. The molecule has 1 atom stereocenters. The number of halogens is 2. The molecular weight excluding hydrogens is 335 g/mol. The van der Waals surface area contributed by atoms with E-state index < -0.39 is 5.82 Å². The van der Waals surface area contributed by atoms with Crippen molar-refractivity contribution in [3.8, 4) is 0 Å². The summed E-state index contributed by atoms with van der Waals surface area (Å²) in [5, 5.41) is 6.13. The maximum Gasteiger partial charge on any atom is 0.224 e. The maximum atomic E-state index is 13.7. The van der Waals surface area contributed by atoms with Crippen molar-refractivity contribution in [1.29, 1.82) is 0 Å². The molecule has 1 heterocycles. The van der Waals surface area contributed by atoms with Crippen LogP contribution in [0.2, 0.25) is 0 Å². The highest BCUT2D eigenvalue weighted by Crippen LogP contribution is 2.34. The van der Waals surface area contributed by atoms with Gasteiger partial charge >= 0.3 is 0 Å². The van der Waals surface area contributed by atoms with Crippen LogP contribution in [-0.4, -0.2) is 5.91 Å². The molecule has 0 radical (unpaired) electrons. The van der Waals surface area contributed by atoms with Crippen molar-refractivity contribution in [2.75, 3.05) is 10.6 Å². The first-order valence-corrected chi connectivity index (χ1v) is 7.53. The van der Waals surface area contributed by atoms with Crippen molar-refractivity contribution in [3.05, 3.63) is 58.3 Å². The summed E-state index contributed by atoms with van der Waals surface area (Å²) in [6, 6.07) is 13.0. The van der Waals surface area contributed by atoms with Gasteiger partial charge in [-0.2, -0.15) is 0 Å². The van der Waals surface area contributed by atoms with E-state index in [1.54, 1.807) is 6.07 Å². The zero-order valence-electron chi connectivity index (χ0n) is 11.2. The summed E-state index contributed by atoms with van der Waals surface area (Å²) in [7, 11) is 0. The van der Waals surface area contributed by atoms with E-state index >= 15 is 0 Å². The summed E-state index contributed by atoms with van der Waals surface area (Å²) in [4.78, 5) is 11.9. The second kappa shape index (κ2) is 5.85. The Labute approximate surface area is 130 Å². The largest absolute Gasteiger partial charge is 0.377 e. The maximum absolute atomic E-state index is 13.7. The SMILES string of the molecule is O=C1CCC(c2ccccc2)Nc2cc(Br)c(F)cc2N1. The highest BCUT2D eigenvalue weighted by molar-refractivity contribution is 9.10. The molecule has 2 aromatic rings. The van der Waals surface area contributed by atoms with Crippen molar-refractivity contribution >= 4 is 33.2 Å². The van der Waals surface area contributed by atoms with Gasteiger partial charge in [0.15, 0.2) is 0 Å².